The summed E-state index contributed by atoms with van der Waals surface area (Å²) in [6.07, 6.45) is 24.8. The SMILES string of the molecule is CCCCCCC(CCCC)Cc1ccc2ccccc2c1CC(CCCC)CCCCCC. The molecule has 0 aromatic heterocycles. The van der Waals surface area contributed by atoms with Crippen LogP contribution in [0.25, 0.3) is 10.8 Å². The fraction of sp³-hybridized carbons (Fsp3) is 0.706. The van der Waals surface area contributed by atoms with Crippen molar-refractivity contribution in [3.8, 4) is 0 Å². The Kier molecular flexibility index (Phi) is 15.3. The topological polar surface area (TPSA) is 0 Å². The molecule has 0 aliphatic rings. The molecule has 0 nitrogen and oxygen atoms in total. The number of hydrogen-bond donors (Lipinski definition) is 0. The molecule has 0 heteroatoms. The summed E-state index contributed by atoms with van der Waals surface area (Å²) in [6, 6.07) is 14.1. The minimum atomic E-state index is 0.847. The van der Waals surface area contributed by atoms with Crippen LogP contribution in [0.3, 0.4) is 0 Å². The van der Waals surface area contributed by atoms with E-state index in [0.29, 0.717) is 0 Å². The van der Waals surface area contributed by atoms with Crippen LogP contribution >= 0.6 is 0 Å². The van der Waals surface area contributed by atoms with Crippen molar-refractivity contribution in [2.45, 2.75) is 143 Å². The molecule has 2 aromatic carbocycles. The van der Waals surface area contributed by atoms with Gasteiger partial charge >= 0.3 is 0 Å². The summed E-state index contributed by atoms with van der Waals surface area (Å²) < 4.78 is 0. The Hall–Kier alpha value is -1.30. The molecule has 0 heterocycles. The van der Waals surface area contributed by atoms with Gasteiger partial charge in [0, 0.05) is 0 Å². The number of hydrogen-bond acceptors (Lipinski definition) is 0. The smallest absolute Gasteiger partial charge is 0.0149 e. The summed E-state index contributed by atoms with van der Waals surface area (Å²) >= 11 is 0. The molecule has 0 radical (unpaired) electrons. The van der Waals surface area contributed by atoms with E-state index in [0.717, 1.165) is 11.8 Å². The number of benzene rings is 2. The van der Waals surface area contributed by atoms with Crippen molar-refractivity contribution in [2.75, 3.05) is 0 Å². The third-order valence-corrected chi connectivity index (χ3v) is 8.00. The van der Waals surface area contributed by atoms with E-state index < -0.39 is 0 Å². The average Bonchev–Trinajstić information content (AvgIpc) is 2.86. The molecule has 0 fully saturated rings. The van der Waals surface area contributed by atoms with Crippen molar-refractivity contribution in [1.82, 2.24) is 0 Å². The van der Waals surface area contributed by atoms with Crippen molar-refractivity contribution in [2.24, 2.45) is 11.8 Å². The van der Waals surface area contributed by atoms with Crippen LogP contribution in [0.4, 0.5) is 0 Å². The maximum atomic E-state index is 2.51. The molecule has 2 unspecified atom stereocenters. The third kappa shape index (κ3) is 10.5. The molecule has 0 amide bonds. The van der Waals surface area contributed by atoms with E-state index in [9.17, 15) is 0 Å². The molecule has 34 heavy (non-hydrogen) atoms. The van der Waals surface area contributed by atoms with Crippen LogP contribution in [-0.4, -0.2) is 0 Å². The lowest BCUT2D eigenvalue weighted by molar-refractivity contribution is 0.399. The molecular formula is C34H56. The first-order valence-corrected chi connectivity index (χ1v) is 15.2. The molecule has 0 bridgehead atoms. The van der Waals surface area contributed by atoms with Gasteiger partial charge in [0.2, 0.25) is 0 Å². The van der Waals surface area contributed by atoms with Crippen LogP contribution in [0.1, 0.15) is 142 Å². The zero-order valence-corrected chi connectivity index (χ0v) is 23.3. The van der Waals surface area contributed by atoms with Crippen LogP contribution in [0.5, 0.6) is 0 Å². The Morgan fingerprint density at radius 1 is 0.500 bits per heavy atom. The van der Waals surface area contributed by atoms with Gasteiger partial charge in [-0.25, -0.2) is 0 Å². The highest BCUT2D eigenvalue weighted by molar-refractivity contribution is 5.86. The molecular weight excluding hydrogens is 408 g/mol. The van der Waals surface area contributed by atoms with Crippen LogP contribution < -0.4 is 0 Å². The third-order valence-electron chi connectivity index (χ3n) is 8.00. The molecule has 0 aliphatic carbocycles. The minimum absolute atomic E-state index is 0.847. The zero-order chi connectivity index (χ0) is 24.4. The summed E-state index contributed by atoms with van der Waals surface area (Å²) in [6.45, 7) is 9.36. The fourth-order valence-electron chi connectivity index (χ4n) is 5.82. The normalized spacial score (nSPS) is 13.4. The van der Waals surface area contributed by atoms with Gasteiger partial charge in [-0.1, -0.05) is 167 Å². The summed E-state index contributed by atoms with van der Waals surface area (Å²) in [7, 11) is 0. The van der Waals surface area contributed by atoms with Gasteiger partial charge in [-0.05, 0) is 46.6 Å². The van der Waals surface area contributed by atoms with Gasteiger partial charge in [-0.3, -0.25) is 0 Å². The van der Waals surface area contributed by atoms with E-state index in [4.69, 9.17) is 0 Å². The second kappa shape index (κ2) is 18.0. The van der Waals surface area contributed by atoms with E-state index in [1.807, 2.05) is 0 Å². The van der Waals surface area contributed by atoms with Gasteiger partial charge in [-0.2, -0.15) is 0 Å². The fourth-order valence-corrected chi connectivity index (χ4v) is 5.82. The lowest BCUT2D eigenvalue weighted by atomic mass is 9.82. The van der Waals surface area contributed by atoms with Crippen molar-refractivity contribution < 1.29 is 0 Å². The monoisotopic (exact) mass is 464 g/mol. The standard InChI is InChI=1S/C34H56/c1-5-9-13-15-21-29(19-11-7-3)27-32-26-25-31-23-17-18-24-33(31)34(32)28-30(20-12-8-4)22-16-14-10-6-2/h17-18,23-26,29-30H,5-16,19-22,27-28H2,1-4H3. The lowest BCUT2D eigenvalue weighted by Crippen LogP contribution is -2.11. The summed E-state index contributed by atoms with van der Waals surface area (Å²) in [5.41, 5.74) is 3.37. The quantitative estimate of drug-likeness (QED) is 0.171. The summed E-state index contributed by atoms with van der Waals surface area (Å²) in [5.74, 6) is 1.70. The second-order valence-electron chi connectivity index (χ2n) is 11.0. The first-order valence-electron chi connectivity index (χ1n) is 15.2. The van der Waals surface area contributed by atoms with Gasteiger partial charge in [0.15, 0.2) is 0 Å². The second-order valence-corrected chi connectivity index (χ2v) is 11.0. The molecule has 0 spiro atoms. The molecule has 2 rings (SSSR count). The average molecular weight is 465 g/mol. The van der Waals surface area contributed by atoms with Gasteiger partial charge in [0.05, 0.1) is 0 Å². The first-order chi connectivity index (χ1) is 16.7. The van der Waals surface area contributed by atoms with Crippen LogP contribution in [0.2, 0.25) is 0 Å². The molecule has 2 aromatic rings. The molecule has 0 saturated heterocycles. The highest BCUT2D eigenvalue weighted by Gasteiger charge is 2.18. The first kappa shape index (κ1) is 28.9. The Morgan fingerprint density at radius 3 is 1.62 bits per heavy atom. The Bertz CT molecular complexity index is 758. The highest BCUT2D eigenvalue weighted by atomic mass is 14.2. The predicted octanol–water partition coefficient (Wildman–Crippen LogP) is 11.5. The Morgan fingerprint density at radius 2 is 1.03 bits per heavy atom. The van der Waals surface area contributed by atoms with Crippen molar-refractivity contribution in [3.63, 3.8) is 0 Å². The predicted molar refractivity (Wildman–Crippen MR) is 155 cm³/mol. The Labute approximate surface area is 213 Å². The molecule has 0 N–H and O–H groups in total. The summed E-state index contributed by atoms with van der Waals surface area (Å²) in [4.78, 5) is 0. The molecule has 2 atom stereocenters. The Balaban J connectivity index is 2.25. The summed E-state index contributed by atoms with van der Waals surface area (Å²) in [5, 5.41) is 2.98. The van der Waals surface area contributed by atoms with Gasteiger partial charge in [0.1, 0.15) is 0 Å². The van der Waals surface area contributed by atoms with E-state index in [-0.39, 0.29) is 0 Å². The van der Waals surface area contributed by atoms with Gasteiger partial charge < -0.3 is 0 Å². The van der Waals surface area contributed by atoms with Crippen LogP contribution in [0, 0.1) is 11.8 Å². The van der Waals surface area contributed by atoms with Crippen LogP contribution in [0.15, 0.2) is 36.4 Å². The number of unbranched alkanes of at least 4 members (excludes halogenated alkanes) is 8. The van der Waals surface area contributed by atoms with Crippen LogP contribution in [-0.2, 0) is 12.8 Å². The molecule has 192 valence electrons. The van der Waals surface area contributed by atoms with E-state index in [1.165, 1.54) is 126 Å². The number of rotatable bonds is 20. The molecule has 0 aliphatic heterocycles. The maximum Gasteiger partial charge on any atom is -0.0149 e. The van der Waals surface area contributed by atoms with Gasteiger partial charge in [0.25, 0.3) is 0 Å². The van der Waals surface area contributed by atoms with E-state index >= 15 is 0 Å². The largest absolute Gasteiger partial charge is 0.0654 e. The van der Waals surface area contributed by atoms with E-state index in [1.54, 1.807) is 11.1 Å². The van der Waals surface area contributed by atoms with Gasteiger partial charge in [-0.15, -0.1) is 0 Å². The van der Waals surface area contributed by atoms with Crippen molar-refractivity contribution in [3.05, 3.63) is 47.5 Å². The molecule has 0 saturated carbocycles. The van der Waals surface area contributed by atoms with E-state index in [2.05, 4.69) is 64.1 Å². The highest BCUT2D eigenvalue weighted by Crippen LogP contribution is 2.32. The number of fused-ring (bicyclic) bond motifs is 1. The maximum absolute atomic E-state index is 2.51. The zero-order valence-electron chi connectivity index (χ0n) is 23.3. The minimum Gasteiger partial charge on any atom is -0.0654 e. The van der Waals surface area contributed by atoms with Crippen molar-refractivity contribution in [1.29, 1.82) is 0 Å². The lowest BCUT2D eigenvalue weighted by Gasteiger charge is -2.23. The van der Waals surface area contributed by atoms with Crippen molar-refractivity contribution >= 4 is 10.8 Å².